The molecule has 1 atom stereocenters. The molecule has 1 aromatic heterocycles. The van der Waals surface area contributed by atoms with Gasteiger partial charge in [0, 0.05) is 12.1 Å². The van der Waals surface area contributed by atoms with Crippen LogP contribution in [0.15, 0.2) is 101 Å². The molecule has 8 heteroatoms. The van der Waals surface area contributed by atoms with Gasteiger partial charge in [-0.15, -0.1) is 6.58 Å². The first-order valence-electron chi connectivity index (χ1n) is 11.4. The zero-order valence-corrected chi connectivity index (χ0v) is 20.5. The molecule has 36 heavy (non-hydrogen) atoms. The zero-order chi connectivity index (χ0) is 25.4. The van der Waals surface area contributed by atoms with E-state index in [-0.39, 0.29) is 28.2 Å². The molecule has 2 aliphatic rings. The van der Waals surface area contributed by atoms with Gasteiger partial charge in [0.15, 0.2) is 4.80 Å². The molecule has 0 fully saturated rings. The molecule has 0 radical (unpaired) electrons. The summed E-state index contributed by atoms with van der Waals surface area (Å²) in [7, 11) is 0. The van der Waals surface area contributed by atoms with Gasteiger partial charge >= 0.3 is 5.97 Å². The number of benzene rings is 2. The number of allylic oxidation sites excluding steroid dienone is 1. The largest absolute Gasteiger partial charge is 0.458 e. The molecular weight excluding hydrogens is 474 g/mol. The number of esters is 1. The highest BCUT2D eigenvalue weighted by atomic mass is 32.1. The molecule has 0 saturated carbocycles. The SMILES string of the molecule is C=CCOC(=O)C1=C(C)N=c2s/c(=C3/C(=O)N(CC=C)c4ccccc43)c(=O)n2C1c1ccccc1. The van der Waals surface area contributed by atoms with Crippen LogP contribution in [0.5, 0.6) is 0 Å². The van der Waals surface area contributed by atoms with E-state index in [4.69, 9.17) is 4.74 Å². The number of para-hydroxylation sites is 1. The van der Waals surface area contributed by atoms with E-state index in [9.17, 15) is 14.4 Å². The second-order valence-electron chi connectivity index (χ2n) is 8.30. The van der Waals surface area contributed by atoms with Gasteiger partial charge in [-0.05, 0) is 18.6 Å². The lowest BCUT2D eigenvalue weighted by atomic mass is 9.96. The minimum absolute atomic E-state index is 0.0378. The number of amides is 1. The Balaban J connectivity index is 1.79. The van der Waals surface area contributed by atoms with Crippen LogP contribution in [0.4, 0.5) is 5.69 Å². The number of nitrogens with zero attached hydrogens (tertiary/aromatic N) is 3. The van der Waals surface area contributed by atoms with E-state index in [0.29, 0.717) is 28.2 Å². The van der Waals surface area contributed by atoms with E-state index in [0.717, 1.165) is 22.6 Å². The molecule has 3 heterocycles. The van der Waals surface area contributed by atoms with Crippen molar-refractivity contribution in [2.45, 2.75) is 13.0 Å². The van der Waals surface area contributed by atoms with Crippen molar-refractivity contribution < 1.29 is 14.3 Å². The summed E-state index contributed by atoms with van der Waals surface area (Å²) in [6.45, 7) is 9.45. The molecule has 0 spiro atoms. The normalized spacial score (nSPS) is 17.9. The molecule has 3 aromatic rings. The van der Waals surface area contributed by atoms with Crippen LogP contribution in [-0.2, 0) is 14.3 Å². The maximum absolute atomic E-state index is 14.0. The summed E-state index contributed by atoms with van der Waals surface area (Å²) >= 11 is 1.15. The van der Waals surface area contributed by atoms with Crippen molar-refractivity contribution in [2.75, 3.05) is 18.1 Å². The maximum atomic E-state index is 14.0. The molecule has 180 valence electrons. The number of hydrogen-bond acceptors (Lipinski definition) is 6. The molecule has 0 bridgehead atoms. The average Bonchev–Trinajstić information content (AvgIpc) is 3.35. The van der Waals surface area contributed by atoms with Gasteiger partial charge in [0.1, 0.15) is 11.1 Å². The van der Waals surface area contributed by atoms with E-state index in [1.54, 1.807) is 17.9 Å². The topological polar surface area (TPSA) is 81.0 Å². The molecule has 0 saturated heterocycles. The Bertz CT molecular complexity index is 1630. The van der Waals surface area contributed by atoms with Crippen molar-refractivity contribution in [1.29, 1.82) is 0 Å². The number of thiazole rings is 1. The smallest absolute Gasteiger partial charge is 0.338 e. The maximum Gasteiger partial charge on any atom is 0.338 e. The average molecular weight is 498 g/mol. The predicted octanol–water partition coefficient (Wildman–Crippen LogP) is 2.87. The monoisotopic (exact) mass is 497 g/mol. The van der Waals surface area contributed by atoms with Gasteiger partial charge in [-0.25, -0.2) is 9.79 Å². The van der Waals surface area contributed by atoms with E-state index in [2.05, 4.69) is 18.2 Å². The van der Waals surface area contributed by atoms with Crippen LogP contribution >= 0.6 is 11.3 Å². The first kappa shape index (κ1) is 23.4. The molecule has 1 unspecified atom stereocenters. The van der Waals surface area contributed by atoms with Crippen molar-refractivity contribution in [2.24, 2.45) is 4.99 Å². The molecule has 7 nitrogen and oxygen atoms in total. The Labute approximate surface area is 211 Å². The highest BCUT2D eigenvalue weighted by Gasteiger charge is 2.36. The van der Waals surface area contributed by atoms with Crippen molar-refractivity contribution >= 4 is 34.5 Å². The van der Waals surface area contributed by atoms with Gasteiger partial charge in [-0.2, -0.15) is 0 Å². The van der Waals surface area contributed by atoms with Crippen LogP contribution in [0.3, 0.4) is 0 Å². The molecule has 0 aliphatic carbocycles. The summed E-state index contributed by atoms with van der Waals surface area (Å²) in [5, 5.41) is 0. The Morgan fingerprint density at radius 2 is 1.81 bits per heavy atom. The quantitative estimate of drug-likeness (QED) is 0.388. The predicted molar refractivity (Wildman–Crippen MR) is 139 cm³/mol. The third kappa shape index (κ3) is 3.67. The van der Waals surface area contributed by atoms with Crippen LogP contribution in [0.25, 0.3) is 5.57 Å². The highest BCUT2D eigenvalue weighted by Crippen LogP contribution is 2.35. The molecular formula is C28H23N3O4S. The summed E-state index contributed by atoms with van der Waals surface area (Å²) in [5.41, 5.74) is 2.84. The lowest BCUT2D eigenvalue weighted by molar-refractivity contribution is -0.138. The summed E-state index contributed by atoms with van der Waals surface area (Å²) < 4.78 is 7.13. The van der Waals surface area contributed by atoms with E-state index in [1.807, 2.05) is 54.6 Å². The number of hydrogen-bond donors (Lipinski definition) is 0. The summed E-state index contributed by atoms with van der Waals surface area (Å²) in [6.07, 6.45) is 3.14. The third-order valence-corrected chi connectivity index (χ3v) is 7.18. The van der Waals surface area contributed by atoms with Crippen molar-refractivity contribution in [3.8, 4) is 0 Å². The number of anilines is 1. The second-order valence-corrected chi connectivity index (χ2v) is 9.27. The van der Waals surface area contributed by atoms with Crippen LogP contribution in [0, 0.1) is 0 Å². The van der Waals surface area contributed by atoms with Crippen LogP contribution in [0.1, 0.15) is 24.1 Å². The van der Waals surface area contributed by atoms with Gasteiger partial charge in [-0.3, -0.25) is 14.2 Å². The van der Waals surface area contributed by atoms with Gasteiger partial charge in [-0.1, -0.05) is 78.6 Å². The first-order chi connectivity index (χ1) is 17.5. The molecule has 5 rings (SSSR count). The molecule has 1 amide bonds. The van der Waals surface area contributed by atoms with E-state index < -0.39 is 12.0 Å². The minimum atomic E-state index is -0.745. The van der Waals surface area contributed by atoms with Crippen molar-refractivity contribution in [3.63, 3.8) is 0 Å². The fourth-order valence-electron chi connectivity index (χ4n) is 4.61. The van der Waals surface area contributed by atoms with Crippen LogP contribution < -0.4 is 19.8 Å². The van der Waals surface area contributed by atoms with E-state index in [1.165, 1.54) is 10.6 Å². The second kappa shape index (κ2) is 9.39. The molecule has 2 aromatic carbocycles. The lowest BCUT2D eigenvalue weighted by Gasteiger charge is -2.24. The third-order valence-electron chi connectivity index (χ3n) is 6.13. The Morgan fingerprint density at radius 3 is 2.53 bits per heavy atom. The van der Waals surface area contributed by atoms with Gasteiger partial charge in [0.05, 0.1) is 28.6 Å². The Kier molecular flexibility index (Phi) is 6.12. The molecule has 0 N–H and O–H groups in total. The summed E-state index contributed by atoms with van der Waals surface area (Å²) in [4.78, 5) is 47.2. The zero-order valence-electron chi connectivity index (χ0n) is 19.6. The fraction of sp³-hybridized carbons (Fsp3) is 0.143. The number of fused-ring (bicyclic) bond motifs is 2. The number of carbonyl (C=O) groups is 2. The number of ether oxygens (including phenoxy) is 1. The highest BCUT2D eigenvalue weighted by molar-refractivity contribution is 7.07. The van der Waals surface area contributed by atoms with E-state index >= 15 is 0 Å². The van der Waals surface area contributed by atoms with Crippen LogP contribution in [0.2, 0.25) is 0 Å². The summed E-state index contributed by atoms with van der Waals surface area (Å²) in [6, 6.07) is 15.9. The van der Waals surface area contributed by atoms with Crippen molar-refractivity contribution in [1.82, 2.24) is 4.57 Å². The Morgan fingerprint density at radius 1 is 1.08 bits per heavy atom. The fourth-order valence-corrected chi connectivity index (χ4v) is 5.74. The number of carbonyl (C=O) groups excluding carboxylic acids is 2. The number of rotatable bonds is 6. The van der Waals surface area contributed by atoms with Gasteiger partial charge in [0.25, 0.3) is 11.5 Å². The minimum Gasteiger partial charge on any atom is -0.458 e. The standard InChI is InChI=1S/C28H23N3O4S/c1-4-15-30-20-14-10-9-13-19(20)22(25(30)32)24-26(33)31-23(18-11-7-6-8-12-18)21(27(34)35-16-5-2)17(3)29-28(31)36-24/h4-14,23H,1-2,15-16H2,3H3/b24-22+. The number of aromatic nitrogens is 1. The van der Waals surface area contributed by atoms with Crippen molar-refractivity contribution in [3.05, 3.63) is 122 Å². The summed E-state index contributed by atoms with van der Waals surface area (Å²) in [5.74, 6) is -0.832. The lowest BCUT2D eigenvalue weighted by Crippen LogP contribution is -2.41. The Hall–Kier alpha value is -4.30. The van der Waals surface area contributed by atoms with Gasteiger partial charge in [0.2, 0.25) is 0 Å². The van der Waals surface area contributed by atoms with Crippen LogP contribution in [-0.4, -0.2) is 29.6 Å². The first-order valence-corrected chi connectivity index (χ1v) is 12.2. The van der Waals surface area contributed by atoms with Gasteiger partial charge < -0.3 is 9.64 Å². The molecule has 2 aliphatic heterocycles.